The molecule has 1 N–H and O–H groups in total. The zero-order chi connectivity index (χ0) is 13.2. The molecule has 0 amide bonds. The van der Waals surface area contributed by atoms with E-state index in [-0.39, 0.29) is 12.0 Å². The number of hydrogen-bond donors (Lipinski definition) is 1. The van der Waals surface area contributed by atoms with Gasteiger partial charge in [-0.1, -0.05) is 24.9 Å². The number of thioether (sulfide) groups is 2. The highest BCUT2D eigenvalue weighted by Gasteiger charge is 2.33. The maximum absolute atomic E-state index is 10.1. The summed E-state index contributed by atoms with van der Waals surface area (Å²) >= 11 is 3.89. The van der Waals surface area contributed by atoms with Crippen molar-refractivity contribution in [3.63, 3.8) is 0 Å². The number of aromatic nitrogens is 2. The molecule has 4 nitrogen and oxygen atoms in total. The molecule has 0 radical (unpaired) electrons. The smallest absolute Gasteiger partial charge is 0.232 e. The summed E-state index contributed by atoms with van der Waals surface area (Å²) in [6.45, 7) is 2.23. The average molecular weight is 300 g/mol. The molecule has 6 heteroatoms. The van der Waals surface area contributed by atoms with Crippen molar-refractivity contribution < 1.29 is 9.63 Å². The van der Waals surface area contributed by atoms with E-state index in [2.05, 4.69) is 17.1 Å². The number of hydrogen-bond acceptors (Lipinski definition) is 6. The molecular formula is C13H20N2O2S2. The molecule has 2 fully saturated rings. The number of rotatable bonds is 2. The van der Waals surface area contributed by atoms with Crippen molar-refractivity contribution in [3.8, 4) is 0 Å². The molecule has 1 saturated heterocycles. The molecule has 106 valence electrons. The van der Waals surface area contributed by atoms with Gasteiger partial charge in [0.25, 0.3) is 0 Å². The van der Waals surface area contributed by atoms with Crippen LogP contribution in [-0.4, -0.2) is 38.1 Å². The molecule has 1 aliphatic heterocycles. The first kappa shape index (κ1) is 13.8. The van der Waals surface area contributed by atoms with E-state index in [0.717, 1.165) is 37.3 Å². The highest BCUT2D eigenvalue weighted by atomic mass is 32.2. The van der Waals surface area contributed by atoms with Crippen molar-refractivity contribution >= 4 is 23.5 Å². The Bertz CT molecular complexity index is 390. The van der Waals surface area contributed by atoms with Crippen LogP contribution >= 0.6 is 23.5 Å². The van der Waals surface area contributed by atoms with Crippen LogP contribution in [0.2, 0.25) is 0 Å². The van der Waals surface area contributed by atoms with Gasteiger partial charge >= 0.3 is 0 Å². The Balaban J connectivity index is 1.75. The lowest BCUT2D eigenvalue weighted by atomic mass is 9.86. The summed E-state index contributed by atoms with van der Waals surface area (Å²) < 4.78 is 5.43. The predicted octanol–water partition coefficient (Wildman–Crippen LogP) is 3.00. The molecule has 0 aromatic carbocycles. The van der Waals surface area contributed by atoms with Crippen LogP contribution in [0.5, 0.6) is 0 Å². The second-order valence-electron chi connectivity index (χ2n) is 5.32. The molecule has 2 heterocycles. The Morgan fingerprint density at radius 1 is 1.21 bits per heavy atom. The quantitative estimate of drug-likeness (QED) is 0.906. The molecule has 2 aliphatic rings. The van der Waals surface area contributed by atoms with E-state index in [1.807, 2.05) is 23.5 Å². The van der Waals surface area contributed by atoms with Crippen molar-refractivity contribution in [2.45, 2.75) is 55.1 Å². The highest BCUT2D eigenvalue weighted by Crippen LogP contribution is 2.42. The van der Waals surface area contributed by atoms with E-state index in [0.29, 0.717) is 16.4 Å². The van der Waals surface area contributed by atoms with Gasteiger partial charge in [0.05, 0.1) is 17.3 Å². The molecule has 1 saturated carbocycles. The molecule has 0 bridgehead atoms. The highest BCUT2D eigenvalue weighted by molar-refractivity contribution is 8.06. The minimum Gasteiger partial charge on any atom is -0.392 e. The van der Waals surface area contributed by atoms with Crippen molar-refractivity contribution in [1.29, 1.82) is 0 Å². The van der Waals surface area contributed by atoms with E-state index < -0.39 is 0 Å². The van der Waals surface area contributed by atoms with Gasteiger partial charge in [0.2, 0.25) is 5.89 Å². The van der Waals surface area contributed by atoms with Gasteiger partial charge in [-0.15, -0.1) is 11.8 Å². The Hall–Kier alpha value is -0.200. The number of nitrogens with zero attached hydrogens (tertiary/aromatic N) is 2. The summed E-state index contributed by atoms with van der Waals surface area (Å²) in [6, 6.07) is 0. The Morgan fingerprint density at radius 2 is 2.00 bits per heavy atom. The van der Waals surface area contributed by atoms with Gasteiger partial charge in [0.1, 0.15) is 0 Å². The largest absolute Gasteiger partial charge is 0.392 e. The van der Waals surface area contributed by atoms with Crippen molar-refractivity contribution in [1.82, 2.24) is 10.1 Å². The Morgan fingerprint density at radius 3 is 2.79 bits per heavy atom. The lowest BCUT2D eigenvalue weighted by molar-refractivity contribution is 0.0908. The van der Waals surface area contributed by atoms with Gasteiger partial charge in [-0.25, -0.2) is 0 Å². The van der Waals surface area contributed by atoms with Crippen molar-refractivity contribution in [3.05, 3.63) is 11.7 Å². The molecule has 1 aromatic heterocycles. The minimum absolute atomic E-state index is 0.0477. The summed E-state index contributed by atoms with van der Waals surface area (Å²) in [5.74, 6) is 3.86. The molecule has 4 atom stereocenters. The summed E-state index contributed by atoms with van der Waals surface area (Å²) in [6.07, 6.45) is 3.75. The molecule has 1 aromatic rings. The van der Waals surface area contributed by atoms with Crippen LogP contribution in [0, 0.1) is 0 Å². The third-order valence-electron chi connectivity index (χ3n) is 3.95. The van der Waals surface area contributed by atoms with Gasteiger partial charge in [-0.05, 0) is 12.8 Å². The molecule has 4 unspecified atom stereocenters. The van der Waals surface area contributed by atoms with Gasteiger partial charge in [0.15, 0.2) is 5.82 Å². The third-order valence-corrected chi connectivity index (χ3v) is 7.03. The zero-order valence-corrected chi connectivity index (χ0v) is 12.8. The third kappa shape index (κ3) is 2.95. The fraction of sp³-hybridized carbons (Fsp3) is 0.846. The summed E-state index contributed by atoms with van der Waals surface area (Å²) in [5, 5.41) is 15.1. The first-order valence-corrected chi connectivity index (χ1v) is 9.10. The SMILES string of the molecule is CC1SCCSC1c1noc(C2CCCCC2O)n1. The molecule has 3 rings (SSSR count). The normalized spacial score (nSPS) is 36.3. The van der Waals surface area contributed by atoms with Crippen LogP contribution in [0.3, 0.4) is 0 Å². The van der Waals surface area contributed by atoms with Crippen LogP contribution < -0.4 is 0 Å². The van der Waals surface area contributed by atoms with E-state index in [1.54, 1.807) is 0 Å². The molecule has 1 aliphatic carbocycles. The van der Waals surface area contributed by atoms with Gasteiger partial charge in [0, 0.05) is 16.8 Å². The van der Waals surface area contributed by atoms with Gasteiger partial charge < -0.3 is 9.63 Å². The van der Waals surface area contributed by atoms with Crippen molar-refractivity contribution in [2.24, 2.45) is 0 Å². The summed E-state index contributed by atoms with van der Waals surface area (Å²) in [4.78, 5) is 4.59. The van der Waals surface area contributed by atoms with Crippen LogP contribution in [0.1, 0.15) is 55.5 Å². The monoisotopic (exact) mass is 300 g/mol. The standard InChI is InChI=1S/C13H20N2O2S2/c1-8-11(19-7-6-18-8)12-14-13(17-15-12)9-4-2-3-5-10(9)16/h8-11,16H,2-7H2,1H3. The number of aliphatic hydroxyl groups excluding tert-OH is 1. The van der Waals surface area contributed by atoms with Crippen LogP contribution in [-0.2, 0) is 0 Å². The molecular weight excluding hydrogens is 280 g/mol. The van der Waals surface area contributed by atoms with Crippen LogP contribution in [0.4, 0.5) is 0 Å². The Labute approximate surface area is 122 Å². The second kappa shape index (κ2) is 6.06. The first-order chi connectivity index (χ1) is 9.25. The Kier molecular flexibility index (Phi) is 4.39. The van der Waals surface area contributed by atoms with E-state index in [1.165, 1.54) is 5.75 Å². The van der Waals surface area contributed by atoms with Gasteiger partial charge in [-0.3, -0.25) is 0 Å². The molecule has 19 heavy (non-hydrogen) atoms. The lowest BCUT2D eigenvalue weighted by Gasteiger charge is -2.25. The predicted molar refractivity (Wildman–Crippen MR) is 78.6 cm³/mol. The fourth-order valence-electron chi connectivity index (χ4n) is 2.83. The van der Waals surface area contributed by atoms with Gasteiger partial charge in [-0.2, -0.15) is 16.7 Å². The summed E-state index contributed by atoms with van der Waals surface area (Å²) in [7, 11) is 0. The van der Waals surface area contributed by atoms with E-state index >= 15 is 0 Å². The maximum atomic E-state index is 10.1. The lowest BCUT2D eigenvalue weighted by Crippen LogP contribution is -2.23. The molecule has 0 spiro atoms. The summed E-state index contributed by atoms with van der Waals surface area (Å²) in [5.41, 5.74) is 0. The zero-order valence-electron chi connectivity index (χ0n) is 11.1. The minimum atomic E-state index is -0.312. The first-order valence-electron chi connectivity index (χ1n) is 7.00. The van der Waals surface area contributed by atoms with E-state index in [9.17, 15) is 5.11 Å². The second-order valence-corrected chi connectivity index (χ2v) is 8.05. The maximum Gasteiger partial charge on any atom is 0.232 e. The fourth-order valence-corrected chi connectivity index (χ4v) is 5.51. The van der Waals surface area contributed by atoms with E-state index in [4.69, 9.17) is 4.52 Å². The van der Waals surface area contributed by atoms with Crippen LogP contribution in [0.15, 0.2) is 4.52 Å². The van der Waals surface area contributed by atoms with Crippen LogP contribution in [0.25, 0.3) is 0 Å². The average Bonchev–Trinajstić information content (AvgIpc) is 2.89. The number of aliphatic hydroxyl groups is 1. The van der Waals surface area contributed by atoms with Crippen molar-refractivity contribution in [2.75, 3.05) is 11.5 Å². The topological polar surface area (TPSA) is 59.2 Å².